The Bertz CT molecular complexity index is 394. The smallest absolute Gasteiger partial charge is 0.159 e. The molecule has 1 fully saturated rings. The highest BCUT2D eigenvalue weighted by Gasteiger charge is 2.24. The van der Waals surface area contributed by atoms with Crippen LogP contribution in [0.1, 0.15) is 18.6 Å². The monoisotopic (exact) mass is 292 g/mol. The number of hydrogen-bond acceptors (Lipinski definition) is 2. The van der Waals surface area contributed by atoms with Crippen LogP contribution >= 0.6 is 15.9 Å². The minimum absolute atomic E-state index is 0.159. The van der Waals surface area contributed by atoms with Crippen molar-refractivity contribution in [1.82, 2.24) is 0 Å². The first-order valence-corrected chi connectivity index (χ1v) is 5.75. The zero-order valence-electron chi connectivity index (χ0n) is 8.67. The molecule has 0 saturated carbocycles. The lowest BCUT2D eigenvalue weighted by atomic mass is 10.1. The second-order valence-electron chi connectivity index (χ2n) is 3.72. The molecule has 1 aliphatic rings. The van der Waals surface area contributed by atoms with Crippen LogP contribution in [0.15, 0.2) is 16.6 Å². The first-order valence-electron chi connectivity index (χ1n) is 4.95. The molecule has 0 amide bonds. The van der Waals surface area contributed by atoms with E-state index in [9.17, 15) is 8.78 Å². The summed E-state index contributed by atoms with van der Waals surface area (Å²) in [4.78, 5) is 0. The Morgan fingerprint density at radius 1 is 1.50 bits per heavy atom. The first kappa shape index (κ1) is 12.0. The van der Waals surface area contributed by atoms with E-state index < -0.39 is 11.6 Å². The Labute approximate surface area is 101 Å². The Hall–Kier alpha value is -0.520. The molecule has 2 nitrogen and oxygen atoms in total. The molecule has 1 heterocycles. The van der Waals surface area contributed by atoms with Gasteiger partial charge in [-0.05, 0) is 24.6 Å². The van der Waals surface area contributed by atoms with E-state index in [1.807, 2.05) is 0 Å². The van der Waals surface area contributed by atoms with Crippen LogP contribution in [0.4, 0.5) is 8.78 Å². The van der Waals surface area contributed by atoms with Gasteiger partial charge in [-0.25, -0.2) is 8.78 Å². The molecule has 0 aliphatic carbocycles. The molecule has 1 aromatic rings. The van der Waals surface area contributed by atoms with Crippen molar-refractivity contribution in [3.63, 3.8) is 0 Å². The third-order valence-corrected chi connectivity index (χ3v) is 3.10. The average molecular weight is 293 g/mol. The maximum absolute atomic E-state index is 13.1. The fourth-order valence-electron chi connectivity index (χ4n) is 1.36. The van der Waals surface area contributed by atoms with Crippen LogP contribution in [-0.4, -0.2) is 19.3 Å². The van der Waals surface area contributed by atoms with Crippen molar-refractivity contribution in [1.29, 1.82) is 0 Å². The molecule has 0 aromatic heterocycles. The number of ether oxygens (including phenoxy) is 2. The molecule has 88 valence electrons. The maximum atomic E-state index is 13.1. The van der Waals surface area contributed by atoms with Crippen LogP contribution in [-0.2, 0) is 9.47 Å². The molecular weight excluding hydrogens is 282 g/mol. The summed E-state index contributed by atoms with van der Waals surface area (Å²) in [6.07, 6.45) is -0.139. The summed E-state index contributed by atoms with van der Waals surface area (Å²) in [5.41, 5.74) is 0.597. The van der Waals surface area contributed by atoms with E-state index in [0.717, 1.165) is 12.1 Å². The molecule has 2 atom stereocenters. The largest absolute Gasteiger partial charge is 0.371 e. The Morgan fingerprint density at radius 3 is 2.75 bits per heavy atom. The molecule has 0 bridgehead atoms. The lowest BCUT2D eigenvalue weighted by Crippen LogP contribution is -2.07. The summed E-state index contributed by atoms with van der Waals surface area (Å²) in [5, 5.41) is 0. The standard InChI is InChI=1S/C11H11BrF2O2/c1-6(15-4-7-5-16-7)8-2-10(13)11(14)3-9(8)12/h2-3,6-7H,4-5H2,1H3/t6-,7+/m1/s1. The Balaban J connectivity index is 2.08. The van der Waals surface area contributed by atoms with E-state index in [4.69, 9.17) is 9.47 Å². The van der Waals surface area contributed by atoms with Gasteiger partial charge in [0.25, 0.3) is 0 Å². The molecular formula is C11H11BrF2O2. The molecule has 1 aliphatic heterocycles. The minimum atomic E-state index is -0.867. The van der Waals surface area contributed by atoms with Crippen molar-refractivity contribution in [3.05, 3.63) is 33.8 Å². The van der Waals surface area contributed by atoms with Gasteiger partial charge in [-0.2, -0.15) is 0 Å². The van der Waals surface area contributed by atoms with Crippen molar-refractivity contribution in [2.75, 3.05) is 13.2 Å². The molecule has 16 heavy (non-hydrogen) atoms. The minimum Gasteiger partial charge on any atom is -0.371 e. The maximum Gasteiger partial charge on any atom is 0.159 e. The van der Waals surface area contributed by atoms with Gasteiger partial charge in [0.2, 0.25) is 0 Å². The topological polar surface area (TPSA) is 21.8 Å². The number of benzene rings is 1. The summed E-state index contributed by atoms with van der Waals surface area (Å²) in [7, 11) is 0. The number of hydrogen-bond donors (Lipinski definition) is 0. The van der Waals surface area contributed by atoms with Crippen molar-refractivity contribution < 1.29 is 18.3 Å². The number of epoxide rings is 1. The summed E-state index contributed by atoms with van der Waals surface area (Å²) < 4.78 is 36.9. The third-order valence-electron chi connectivity index (χ3n) is 2.41. The van der Waals surface area contributed by atoms with E-state index in [0.29, 0.717) is 23.2 Å². The van der Waals surface area contributed by atoms with Gasteiger partial charge in [0, 0.05) is 4.47 Å². The van der Waals surface area contributed by atoms with Crippen LogP contribution < -0.4 is 0 Å². The average Bonchev–Trinajstić information content (AvgIpc) is 3.03. The van der Waals surface area contributed by atoms with Crippen molar-refractivity contribution >= 4 is 15.9 Å². The number of halogens is 3. The first-order chi connectivity index (χ1) is 7.58. The van der Waals surface area contributed by atoms with Crippen LogP contribution in [0, 0.1) is 11.6 Å². The second-order valence-corrected chi connectivity index (χ2v) is 4.57. The predicted octanol–water partition coefficient (Wildman–Crippen LogP) is 3.20. The molecule has 1 aromatic carbocycles. The summed E-state index contributed by atoms with van der Waals surface area (Å²) in [5.74, 6) is -1.73. The normalized spacial score (nSPS) is 20.9. The molecule has 0 spiro atoms. The van der Waals surface area contributed by atoms with Crippen LogP contribution in [0.3, 0.4) is 0 Å². The van der Waals surface area contributed by atoms with E-state index in [2.05, 4.69) is 15.9 Å². The lowest BCUT2D eigenvalue weighted by Gasteiger charge is -2.14. The van der Waals surface area contributed by atoms with E-state index in [-0.39, 0.29) is 12.2 Å². The van der Waals surface area contributed by atoms with E-state index >= 15 is 0 Å². The highest BCUT2D eigenvalue weighted by Crippen LogP contribution is 2.28. The third kappa shape index (κ3) is 2.78. The fraction of sp³-hybridized carbons (Fsp3) is 0.455. The summed E-state index contributed by atoms with van der Waals surface area (Å²) in [6.45, 7) is 2.98. The highest BCUT2D eigenvalue weighted by atomic mass is 79.9. The Morgan fingerprint density at radius 2 is 2.12 bits per heavy atom. The number of rotatable bonds is 4. The van der Waals surface area contributed by atoms with Gasteiger partial charge in [-0.1, -0.05) is 15.9 Å². The molecule has 0 radical (unpaired) electrons. The van der Waals surface area contributed by atoms with Crippen LogP contribution in [0.25, 0.3) is 0 Å². The van der Waals surface area contributed by atoms with Crippen LogP contribution in [0.2, 0.25) is 0 Å². The quantitative estimate of drug-likeness (QED) is 0.628. The van der Waals surface area contributed by atoms with Crippen molar-refractivity contribution in [2.24, 2.45) is 0 Å². The van der Waals surface area contributed by atoms with Gasteiger partial charge < -0.3 is 9.47 Å². The van der Waals surface area contributed by atoms with Gasteiger partial charge in [0.1, 0.15) is 6.10 Å². The predicted molar refractivity (Wildman–Crippen MR) is 58.2 cm³/mol. The second kappa shape index (κ2) is 4.77. The molecule has 1 saturated heterocycles. The Kier molecular flexibility index (Phi) is 3.56. The van der Waals surface area contributed by atoms with E-state index in [1.165, 1.54) is 0 Å². The molecule has 0 N–H and O–H groups in total. The lowest BCUT2D eigenvalue weighted by molar-refractivity contribution is 0.0533. The van der Waals surface area contributed by atoms with Gasteiger partial charge in [0.05, 0.1) is 19.3 Å². The zero-order valence-corrected chi connectivity index (χ0v) is 10.3. The van der Waals surface area contributed by atoms with Gasteiger partial charge in [0.15, 0.2) is 11.6 Å². The van der Waals surface area contributed by atoms with Gasteiger partial charge in [-0.3, -0.25) is 0 Å². The van der Waals surface area contributed by atoms with E-state index in [1.54, 1.807) is 6.92 Å². The van der Waals surface area contributed by atoms with Gasteiger partial charge in [-0.15, -0.1) is 0 Å². The van der Waals surface area contributed by atoms with Crippen molar-refractivity contribution in [3.8, 4) is 0 Å². The molecule has 2 rings (SSSR count). The highest BCUT2D eigenvalue weighted by molar-refractivity contribution is 9.10. The molecule has 0 unspecified atom stereocenters. The molecule has 5 heteroatoms. The SMILES string of the molecule is C[C@@H](OC[C@H]1CO1)c1cc(F)c(F)cc1Br. The summed E-state index contributed by atoms with van der Waals surface area (Å²) in [6, 6.07) is 2.26. The zero-order chi connectivity index (χ0) is 11.7. The fourth-order valence-corrected chi connectivity index (χ4v) is 1.99. The van der Waals surface area contributed by atoms with Crippen LogP contribution in [0.5, 0.6) is 0 Å². The summed E-state index contributed by atoms with van der Waals surface area (Å²) >= 11 is 3.19. The van der Waals surface area contributed by atoms with Gasteiger partial charge >= 0.3 is 0 Å². The van der Waals surface area contributed by atoms with Crippen molar-refractivity contribution in [2.45, 2.75) is 19.1 Å².